The highest BCUT2D eigenvalue weighted by molar-refractivity contribution is 5.75. The topological polar surface area (TPSA) is 39.2 Å². The summed E-state index contributed by atoms with van der Waals surface area (Å²) >= 11 is 0. The number of ether oxygens (including phenoxy) is 1. The highest BCUT2D eigenvalue weighted by Gasteiger charge is 2.53. The lowest BCUT2D eigenvalue weighted by molar-refractivity contribution is -0.144. The molecule has 26 heavy (non-hydrogen) atoms. The Morgan fingerprint density at radius 2 is 2.00 bits per heavy atom. The van der Waals surface area contributed by atoms with E-state index in [9.17, 15) is 4.79 Å². The molecule has 0 amide bonds. The van der Waals surface area contributed by atoms with Gasteiger partial charge in [-0.05, 0) is 68.6 Å². The molecule has 1 aromatic rings. The van der Waals surface area contributed by atoms with Gasteiger partial charge in [0, 0.05) is 17.5 Å². The maximum Gasteiger partial charge on any atom is 0.309 e. The average Bonchev–Trinajstić information content (AvgIpc) is 3.46. The molecule has 0 unspecified atom stereocenters. The third-order valence-electron chi connectivity index (χ3n) is 7.35. The Morgan fingerprint density at radius 3 is 2.85 bits per heavy atom. The molecule has 0 radical (unpaired) electrons. The molecule has 3 aliphatic carbocycles. The molecular weight excluding hydrogens is 322 g/mol. The Bertz CT molecular complexity index is 723. The first-order valence-corrected chi connectivity index (χ1v) is 10.6. The zero-order chi connectivity index (χ0) is 17.7. The molecule has 1 saturated heterocycles. The number of carbonyl (C=O) groups is 1. The van der Waals surface area contributed by atoms with E-state index in [0.717, 1.165) is 12.1 Å². The van der Waals surface area contributed by atoms with E-state index < -0.39 is 0 Å². The van der Waals surface area contributed by atoms with Crippen molar-refractivity contribution in [3.05, 3.63) is 35.7 Å². The van der Waals surface area contributed by atoms with Gasteiger partial charge in [-0.25, -0.2) is 0 Å². The SMILES string of the molecule is C[C@H]1OC(=O)[C@@H]2C[C@@H]3CCCC[C@H]3[C@H](/C=C/c3cccc(C4CC4)n3)[C@H]12. The first-order valence-electron chi connectivity index (χ1n) is 10.6. The van der Waals surface area contributed by atoms with E-state index in [1.54, 1.807) is 0 Å². The summed E-state index contributed by atoms with van der Waals surface area (Å²) in [5, 5.41) is 0. The monoisotopic (exact) mass is 351 g/mol. The summed E-state index contributed by atoms with van der Waals surface area (Å²) in [4.78, 5) is 17.2. The molecule has 138 valence electrons. The largest absolute Gasteiger partial charge is 0.462 e. The number of hydrogen-bond acceptors (Lipinski definition) is 3. The molecule has 6 atom stereocenters. The van der Waals surface area contributed by atoms with Crippen LogP contribution in [0.25, 0.3) is 6.08 Å². The fourth-order valence-corrected chi connectivity index (χ4v) is 5.96. The van der Waals surface area contributed by atoms with Gasteiger partial charge in [-0.1, -0.05) is 31.4 Å². The van der Waals surface area contributed by atoms with E-state index in [2.05, 4.69) is 37.3 Å². The fourth-order valence-electron chi connectivity index (χ4n) is 5.96. The highest BCUT2D eigenvalue weighted by Crippen LogP contribution is 2.53. The summed E-state index contributed by atoms with van der Waals surface area (Å²) in [5.41, 5.74) is 2.32. The molecule has 3 heteroatoms. The van der Waals surface area contributed by atoms with Crippen molar-refractivity contribution in [2.24, 2.45) is 29.6 Å². The second kappa shape index (κ2) is 6.51. The summed E-state index contributed by atoms with van der Waals surface area (Å²) in [6.07, 6.45) is 13.5. The van der Waals surface area contributed by atoms with Crippen LogP contribution < -0.4 is 0 Å². The Kier molecular flexibility index (Phi) is 4.14. The number of hydrogen-bond donors (Lipinski definition) is 0. The minimum absolute atomic E-state index is 0.0517. The highest BCUT2D eigenvalue weighted by atomic mass is 16.6. The summed E-state index contributed by atoms with van der Waals surface area (Å²) in [6.45, 7) is 2.10. The Labute approximate surface area is 156 Å². The average molecular weight is 351 g/mol. The molecule has 0 spiro atoms. The van der Waals surface area contributed by atoms with Gasteiger partial charge in [0.1, 0.15) is 6.10 Å². The number of esters is 1. The van der Waals surface area contributed by atoms with Gasteiger partial charge in [0.15, 0.2) is 0 Å². The predicted octanol–water partition coefficient (Wildman–Crippen LogP) is 4.98. The number of carbonyl (C=O) groups excluding carboxylic acids is 1. The quantitative estimate of drug-likeness (QED) is 0.721. The van der Waals surface area contributed by atoms with Crippen LogP contribution in [0.4, 0.5) is 0 Å². The summed E-state index contributed by atoms with van der Waals surface area (Å²) < 4.78 is 5.67. The number of nitrogens with zero attached hydrogens (tertiary/aromatic N) is 1. The van der Waals surface area contributed by atoms with Gasteiger partial charge in [-0.2, -0.15) is 0 Å². The van der Waals surface area contributed by atoms with Crippen LogP contribution in [0.15, 0.2) is 24.3 Å². The van der Waals surface area contributed by atoms with Crippen LogP contribution in [0.2, 0.25) is 0 Å². The van der Waals surface area contributed by atoms with Crippen molar-refractivity contribution >= 4 is 12.0 Å². The Hall–Kier alpha value is -1.64. The van der Waals surface area contributed by atoms with Gasteiger partial charge in [-0.15, -0.1) is 0 Å². The van der Waals surface area contributed by atoms with Gasteiger partial charge >= 0.3 is 5.97 Å². The minimum atomic E-state index is 0.0517. The van der Waals surface area contributed by atoms with Gasteiger partial charge in [0.2, 0.25) is 0 Å². The van der Waals surface area contributed by atoms with Crippen molar-refractivity contribution in [1.29, 1.82) is 0 Å². The molecule has 1 aromatic heterocycles. The van der Waals surface area contributed by atoms with Crippen molar-refractivity contribution in [3.63, 3.8) is 0 Å². The predicted molar refractivity (Wildman–Crippen MR) is 101 cm³/mol. The maximum absolute atomic E-state index is 12.4. The molecule has 0 N–H and O–H groups in total. The summed E-state index contributed by atoms with van der Waals surface area (Å²) in [6, 6.07) is 6.41. The summed E-state index contributed by atoms with van der Waals surface area (Å²) in [5.74, 6) is 3.07. The fraction of sp³-hybridized carbons (Fsp3) is 0.652. The second-order valence-corrected chi connectivity index (χ2v) is 8.97. The van der Waals surface area contributed by atoms with E-state index in [1.807, 2.05) is 0 Å². The molecule has 4 fully saturated rings. The van der Waals surface area contributed by atoms with Crippen LogP contribution in [0, 0.1) is 29.6 Å². The van der Waals surface area contributed by atoms with Gasteiger partial charge in [-0.3, -0.25) is 9.78 Å². The van der Waals surface area contributed by atoms with Crippen molar-refractivity contribution in [2.45, 2.75) is 63.9 Å². The number of allylic oxidation sites excluding steroid dienone is 1. The van der Waals surface area contributed by atoms with Crippen LogP contribution in [0.3, 0.4) is 0 Å². The van der Waals surface area contributed by atoms with Crippen molar-refractivity contribution in [3.8, 4) is 0 Å². The van der Waals surface area contributed by atoms with Crippen molar-refractivity contribution in [2.75, 3.05) is 0 Å². The van der Waals surface area contributed by atoms with Gasteiger partial charge in [0.05, 0.1) is 11.6 Å². The van der Waals surface area contributed by atoms with Gasteiger partial charge in [0.25, 0.3) is 0 Å². The van der Waals surface area contributed by atoms with Crippen LogP contribution in [0.5, 0.6) is 0 Å². The van der Waals surface area contributed by atoms with E-state index in [-0.39, 0.29) is 18.0 Å². The van der Waals surface area contributed by atoms with Crippen LogP contribution in [-0.4, -0.2) is 17.1 Å². The van der Waals surface area contributed by atoms with E-state index in [1.165, 1.54) is 44.2 Å². The molecule has 0 aromatic carbocycles. The smallest absolute Gasteiger partial charge is 0.309 e. The molecule has 3 nitrogen and oxygen atoms in total. The maximum atomic E-state index is 12.4. The van der Waals surface area contributed by atoms with E-state index >= 15 is 0 Å². The first-order chi connectivity index (χ1) is 12.7. The van der Waals surface area contributed by atoms with Crippen LogP contribution >= 0.6 is 0 Å². The Balaban J connectivity index is 1.44. The number of cyclic esters (lactones) is 1. The second-order valence-electron chi connectivity index (χ2n) is 8.97. The molecule has 5 rings (SSSR count). The lowest BCUT2D eigenvalue weighted by Gasteiger charge is -2.45. The molecule has 1 aliphatic heterocycles. The van der Waals surface area contributed by atoms with Crippen LogP contribution in [0.1, 0.15) is 69.2 Å². The summed E-state index contributed by atoms with van der Waals surface area (Å²) in [7, 11) is 0. The minimum Gasteiger partial charge on any atom is -0.462 e. The number of pyridine rings is 1. The standard InChI is InChI=1S/C23H29NO2/c1-14-22-19(12-11-17-6-4-8-21(24-17)15-9-10-15)18-7-3-2-5-16(18)13-20(22)23(25)26-14/h4,6,8,11-12,14-16,18-20,22H,2-3,5,7,9-10,13H2,1H3/b12-11+/t14-,16+,18-,19+,20-,22+/m1/s1. The normalized spacial score (nSPS) is 39.5. The molecule has 2 heterocycles. The van der Waals surface area contributed by atoms with E-state index in [4.69, 9.17) is 9.72 Å². The zero-order valence-corrected chi connectivity index (χ0v) is 15.6. The third-order valence-corrected chi connectivity index (χ3v) is 7.35. The Morgan fingerprint density at radius 1 is 1.15 bits per heavy atom. The molecule has 4 aliphatic rings. The lowest BCUT2D eigenvalue weighted by atomic mass is 9.57. The van der Waals surface area contributed by atoms with E-state index in [0.29, 0.717) is 29.6 Å². The molecule has 3 saturated carbocycles. The van der Waals surface area contributed by atoms with Gasteiger partial charge < -0.3 is 4.74 Å². The third kappa shape index (κ3) is 2.90. The lowest BCUT2D eigenvalue weighted by Crippen LogP contribution is -2.42. The molecular formula is C23H29NO2. The molecule has 0 bridgehead atoms. The van der Waals surface area contributed by atoms with Crippen LogP contribution in [-0.2, 0) is 9.53 Å². The first kappa shape index (κ1) is 16.5. The zero-order valence-electron chi connectivity index (χ0n) is 15.6. The number of rotatable bonds is 3. The van der Waals surface area contributed by atoms with Crippen molar-refractivity contribution in [1.82, 2.24) is 4.98 Å². The van der Waals surface area contributed by atoms with Crippen molar-refractivity contribution < 1.29 is 9.53 Å². The number of fused-ring (bicyclic) bond motifs is 2. The number of aromatic nitrogens is 1.